The third-order valence-electron chi connectivity index (χ3n) is 2.69. The van der Waals surface area contributed by atoms with E-state index in [9.17, 15) is 22.0 Å². The Kier molecular flexibility index (Phi) is 4.86. The predicted octanol–water partition coefficient (Wildman–Crippen LogP) is 3.24. The van der Waals surface area contributed by atoms with Crippen molar-refractivity contribution < 1.29 is 22.0 Å². The fourth-order valence-corrected chi connectivity index (χ4v) is 2.52. The molecule has 0 aliphatic rings. The second kappa shape index (κ2) is 6.51. The minimum Gasteiger partial charge on any atom is -0.319 e. The minimum atomic E-state index is -3.53. The Morgan fingerprint density at radius 3 is 2.43 bits per heavy atom. The van der Waals surface area contributed by atoms with Crippen molar-refractivity contribution >= 4 is 38.9 Å². The quantitative estimate of drug-likeness (QED) is 0.878. The van der Waals surface area contributed by atoms with E-state index < -0.39 is 27.6 Å². The Morgan fingerprint density at radius 2 is 1.83 bits per heavy atom. The van der Waals surface area contributed by atoms with Crippen LogP contribution >= 0.6 is 11.6 Å². The number of nitrogens with one attached hydrogen (secondary N) is 2. The second-order valence-corrected chi connectivity index (χ2v) is 6.80. The average Bonchev–Trinajstić information content (AvgIpc) is 2.42. The standard InChI is InChI=1S/C14H11ClF2N2O3S/c1-23(21,22)19-9-3-4-11(15)10(7-9)14(20)18-13-5-2-8(16)6-12(13)17/h2-7,19H,1H3,(H,18,20). The molecule has 2 rings (SSSR count). The number of amides is 1. The van der Waals surface area contributed by atoms with Gasteiger partial charge in [-0.1, -0.05) is 11.6 Å². The molecule has 0 aliphatic heterocycles. The van der Waals surface area contributed by atoms with Crippen LogP contribution in [0.15, 0.2) is 36.4 Å². The second-order valence-electron chi connectivity index (χ2n) is 4.65. The van der Waals surface area contributed by atoms with Gasteiger partial charge in [0.05, 0.1) is 22.5 Å². The lowest BCUT2D eigenvalue weighted by atomic mass is 10.2. The zero-order valence-corrected chi connectivity index (χ0v) is 13.3. The number of rotatable bonds is 4. The van der Waals surface area contributed by atoms with E-state index in [0.29, 0.717) is 6.07 Å². The summed E-state index contributed by atoms with van der Waals surface area (Å²) in [6.45, 7) is 0. The van der Waals surface area contributed by atoms with Crippen molar-refractivity contribution in [1.29, 1.82) is 0 Å². The highest BCUT2D eigenvalue weighted by molar-refractivity contribution is 7.92. The molecule has 1 amide bonds. The van der Waals surface area contributed by atoms with Crippen LogP contribution in [0.1, 0.15) is 10.4 Å². The van der Waals surface area contributed by atoms with Crippen molar-refractivity contribution in [2.24, 2.45) is 0 Å². The molecule has 0 radical (unpaired) electrons. The molecular formula is C14H11ClF2N2O3S. The number of carbonyl (C=O) groups is 1. The van der Waals surface area contributed by atoms with Gasteiger partial charge in [0.2, 0.25) is 10.0 Å². The van der Waals surface area contributed by atoms with Gasteiger partial charge in [0.15, 0.2) is 0 Å². The largest absolute Gasteiger partial charge is 0.319 e. The van der Waals surface area contributed by atoms with E-state index in [1.54, 1.807) is 0 Å². The minimum absolute atomic E-state index is 0.0454. The lowest BCUT2D eigenvalue weighted by Crippen LogP contribution is -2.15. The van der Waals surface area contributed by atoms with Gasteiger partial charge in [-0.3, -0.25) is 9.52 Å². The fraction of sp³-hybridized carbons (Fsp3) is 0.0714. The fourth-order valence-electron chi connectivity index (χ4n) is 1.76. The molecular weight excluding hydrogens is 350 g/mol. The maximum atomic E-state index is 13.5. The molecule has 0 aromatic heterocycles. The van der Waals surface area contributed by atoms with E-state index in [1.165, 1.54) is 18.2 Å². The number of anilines is 2. The SMILES string of the molecule is CS(=O)(=O)Nc1ccc(Cl)c(C(=O)Nc2ccc(F)cc2F)c1. The van der Waals surface area contributed by atoms with E-state index in [4.69, 9.17) is 11.6 Å². The van der Waals surface area contributed by atoms with Crippen LogP contribution < -0.4 is 10.0 Å². The van der Waals surface area contributed by atoms with Crippen LogP contribution in [-0.2, 0) is 10.0 Å². The molecule has 0 saturated heterocycles. The van der Waals surface area contributed by atoms with Gasteiger partial charge in [-0.2, -0.15) is 0 Å². The van der Waals surface area contributed by atoms with Crippen molar-refractivity contribution in [3.8, 4) is 0 Å². The highest BCUT2D eigenvalue weighted by Crippen LogP contribution is 2.23. The molecule has 9 heteroatoms. The summed E-state index contributed by atoms with van der Waals surface area (Å²) in [7, 11) is -3.53. The summed E-state index contributed by atoms with van der Waals surface area (Å²) < 4.78 is 51.0. The van der Waals surface area contributed by atoms with Crippen LogP contribution in [0.25, 0.3) is 0 Å². The Bertz CT molecular complexity index is 872. The highest BCUT2D eigenvalue weighted by Gasteiger charge is 2.15. The molecule has 23 heavy (non-hydrogen) atoms. The summed E-state index contributed by atoms with van der Waals surface area (Å²) in [5, 5.41) is 2.29. The maximum absolute atomic E-state index is 13.5. The van der Waals surface area contributed by atoms with Gasteiger partial charge in [-0.25, -0.2) is 17.2 Å². The monoisotopic (exact) mass is 360 g/mol. The topological polar surface area (TPSA) is 75.3 Å². The van der Waals surface area contributed by atoms with Crippen LogP contribution in [0.4, 0.5) is 20.2 Å². The van der Waals surface area contributed by atoms with Crippen LogP contribution in [0.5, 0.6) is 0 Å². The molecule has 0 unspecified atom stereocenters. The predicted molar refractivity (Wildman–Crippen MR) is 84.2 cm³/mol. The molecule has 0 aliphatic carbocycles. The normalized spacial score (nSPS) is 11.1. The first-order chi connectivity index (χ1) is 10.7. The highest BCUT2D eigenvalue weighted by atomic mass is 35.5. The van der Waals surface area contributed by atoms with E-state index in [2.05, 4.69) is 10.0 Å². The van der Waals surface area contributed by atoms with Crippen molar-refractivity contribution in [1.82, 2.24) is 0 Å². The maximum Gasteiger partial charge on any atom is 0.257 e. The third kappa shape index (κ3) is 4.64. The first kappa shape index (κ1) is 17.2. The summed E-state index contributed by atoms with van der Waals surface area (Å²) in [5.74, 6) is -2.49. The van der Waals surface area contributed by atoms with Gasteiger partial charge >= 0.3 is 0 Å². The summed E-state index contributed by atoms with van der Waals surface area (Å²) in [6, 6.07) is 6.58. The first-order valence-corrected chi connectivity index (χ1v) is 8.46. The van der Waals surface area contributed by atoms with Gasteiger partial charge in [0.25, 0.3) is 5.91 Å². The van der Waals surface area contributed by atoms with E-state index in [0.717, 1.165) is 18.4 Å². The molecule has 2 aromatic rings. The van der Waals surface area contributed by atoms with Gasteiger partial charge in [0.1, 0.15) is 11.6 Å². The summed E-state index contributed by atoms with van der Waals surface area (Å²) in [4.78, 5) is 12.2. The molecule has 0 spiro atoms. The number of halogens is 3. The molecule has 2 N–H and O–H groups in total. The number of benzene rings is 2. The van der Waals surface area contributed by atoms with Gasteiger partial charge < -0.3 is 5.32 Å². The van der Waals surface area contributed by atoms with Gasteiger partial charge in [-0.15, -0.1) is 0 Å². The molecule has 5 nitrogen and oxygen atoms in total. The van der Waals surface area contributed by atoms with Crippen molar-refractivity contribution in [2.75, 3.05) is 16.3 Å². The molecule has 0 saturated carbocycles. The van der Waals surface area contributed by atoms with Crippen LogP contribution in [0.3, 0.4) is 0 Å². The summed E-state index contributed by atoms with van der Waals surface area (Å²) >= 11 is 5.90. The van der Waals surface area contributed by atoms with Crippen molar-refractivity contribution in [2.45, 2.75) is 0 Å². The van der Waals surface area contributed by atoms with Gasteiger partial charge in [-0.05, 0) is 30.3 Å². The Labute approximate surface area is 136 Å². The van der Waals surface area contributed by atoms with Crippen molar-refractivity contribution in [3.05, 3.63) is 58.6 Å². The number of hydrogen-bond donors (Lipinski definition) is 2. The van der Waals surface area contributed by atoms with Crippen LogP contribution in [0, 0.1) is 11.6 Å². The lowest BCUT2D eigenvalue weighted by molar-refractivity contribution is 0.102. The summed E-state index contributed by atoms with van der Waals surface area (Å²) in [6.07, 6.45) is 0.954. The van der Waals surface area contributed by atoms with Gasteiger partial charge in [0, 0.05) is 11.8 Å². The first-order valence-electron chi connectivity index (χ1n) is 6.19. The van der Waals surface area contributed by atoms with E-state index in [-0.39, 0.29) is 22.0 Å². The zero-order chi connectivity index (χ0) is 17.2. The molecule has 122 valence electrons. The number of sulfonamides is 1. The van der Waals surface area contributed by atoms with Crippen molar-refractivity contribution in [3.63, 3.8) is 0 Å². The smallest absolute Gasteiger partial charge is 0.257 e. The zero-order valence-electron chi connectivity index (χ0n) is 11.7. The van der Waals surface area contributed by atoms with E-state index >= 15 is 0 Å². The lowest BCUT2D eigenvalue weighted by Gasteiger charge is -2.10. The molecule has 2 aromatic carbocycles. The summed E-state index contributed by atoms with van der Waals surface area (Å²) in [5.41, 5.74) is -0.167. The van der Waals surface area contributed by atoms with Crippen LogP contribution in [-0.4, -0.2) is 20.6 Å². The Balaban J connectivity index is 2.29. The number of hydrogen-bond acceptors (Lipinski definition) is 3. The Morgan fingerprint density at radius 1 is 1.13 bits per heavy atom. The Hall–Kier alpha value is -2.19. The van der Waals surface area contributed by atoms with Crippen LogP contribution in [0.2, 0.25) is 5.02 Å². The average molecular weight is 361 g/mol. The molecule has 0 fully saturated rings. The molecule has 0 atom stereocenters. The molecule has 0 bridgehead atoms. The molecule has 0 heterocycles. The number of carbonyl (C=O) groups excluding carboxylic acids is 1. The van der Waals surface area contributed by atoms with E-state index in [1.807, 2.05) is 0 Å². The third-order valence-corrected chi connectivity index (χ3v) is 3.63.